The van der Waals surface area contributed by atoms with Gasteiger partial charge in [-0.15, -0.1) is 0 Å². The summed E-state index contributed by atoms with van der Waals surface area (Å²) in [6, 6.07) is 58.5. The van der Waals surface area contributed by atoms with E-state index in [9.17, 15) is 0 Å². The van der Waals surface area contributed by atoms with E-state index in [1.54, 1.807) is 0 Å². The molecule has 1 aromatic heterocycles. The second kappa shape index (κ2) is 11.3. The van der Waals surface area contributed by atoms with Crippen LogP contribution in [-0.4, -0.2) is 15.0 Å². The van der Waals surface area contributed by atoms with Gasteiger partial charge in [-0.1, -0.05) is 159 Å². The third-order valence-corrected chi connectivity index (χ3v) is 10.7. The van der Waals surface area contributed by atoms with Crippen molar-refractivity contribution >= 4 is 32.3 Å². The van der Waals surface area contributed by atoms with Crippen molar-refractivity contribution in [1.82, 2.24) is 15.0 Å². The Morgan fingerprint density at radius 3 is 1.67 bits per heavy atom. The van der Waals surface area contributed by atoms with Crippen molar-refractivity contribution in [3.05, 3.63) is 175 Å². The molecule has 0 atom stereocenters. The SMILES string of the molecule is CC1(C)c2ccccc2-c2ccc(-c3nc(-c4ccc5ccccc5c4)nc(-c4ccc(-c5cccc6ccccc56)c5ccccc45)n3)cc21. The molecule has 0 unspecified atom stereocenters. The summed E-state index contributed by atoms with van der Waals surface area (Å²) < 4.78 is 0. The molecule has 0 fully saturated rings. The number of hydrogen-bond donors (Lipinski definition) is 0. The van der Waals surface area contributed by atoms with Crippen LogP contribution in [0.1, 0.15) is 25.0 Å². The van der Waals surface area contributed by atoms with E-state index in [1.807, 2.05) is 0 Å². The summed E-state index contributed by atoms with van der Waals surface area (Å²) in [7, 11) is 0. The Kier molecular flexibility index (Phi) is 6.53. The summed E-state index contributed by atoms with van der Waals surface area (Å²) in [5.41, 5.74) is 10.4. The maximum absolute atomic E-state index is 5.26. The Morgan fingerprint density at radius 1 is 0.333 bits per heavy atom. The quantitative estimate of drug-likeness (QED) is 0.190. The van der Waals surface area contributed by atoms with Gasteiger partial charge in [-0.05, 0) is 83.9 Å². The molecule has 8 aromatic carbocycles. The topological polar surface area (TPSA) is 38.7 Å². The fourth-order valence-electron chi connectivity index (χ4n) is 8.12. The van der Waals surface area contributed by atoms with Gasteiger partial charge in [0, 0.05) is 22.1 Å². The third-order valence-electron chi connectivity index (χ3n) is 10.7. The van der Waals surface area contributed by atoms with Crippen molar-refractivity contribution < 1.29 is 0 Å². The molecular weight excluding hydrogens is 619 g/mol. The van der Waals surface area contributed by atoms with Gasteiger partial charge >= 0.3 is 0 Å². The molecular formula is C48H33N3. The average Bonchev–Trinajstić information content (AvgIpc) is 3.42. The Balaban J connectivity index is 1.19. The predicted molar refractivity (Wildman–Crippen MR) is 212 cm³/mol. The molecule has 0 N–H and O–H groups in total. The van der Waals surface area contributed by atoms with E-state index in [1.165, 1.54) is 49.5 Å². The van der Waals surface area contributed by atoms with Gasteiger partial charge in [0.2, 0.25) is 0 Å². The number of aromatic nitrogens is 3. The number of benzene rings is 8. The minimum atomic E-state index is -0.132. The first-order valence-electron chi connectivity index (χ1n) is 17.5. The molecule has 1 aliphatic carbocycles. The zero-order chi connectivity index (χ0) is 34.1. The van der Waals surface area contributed by atoms with Crippen molar-refractivity contribution in [3.8, 4) is 56.4 Å². The van der Waals surface area contributed by atoms with E-state index in [-0.39, 0.29) is 5.41 Å². The molecule has 3 heteroatoms. The van der Waals surface area contributed by atoms with Crippen LogP contribution < -0.4 is 0 Å². The molecule has 3 nitrogen and oxygen atoms in total. The van der Waals surface area contributed by atoms with Crippen LogP contribution in [0.25, 0.3) is 88.7 Å². The lowest BCUT2D eigenvalue weighted by atomic mass is 9.82. The molecule has 0 aliphatic heterocycles. The van der Waals surface area contributed by atoms with Gasteiger partial charge in [-0.3, -0.25) is 0 Å². The molecule has 0 spiro atoms. The Hall–Kier alpha value is -6.45. The highest BCUT2D eigenvalue weighted by atomic mass is 15.0. The molecule has 0 amide bonds. The Labute approximate surface area is 297 Å². The smallest absolute Gasteiger partial charge is 0.164 e. The first kappa shape index (κ1) is 29.5. The highest BCUT2D eigenvalue weighted by Gasteiger charge is 2.35. The molecule has 0 saturated heterocycles. The van der Waals surface area contributed by atoms with Gasteiger partial charge in [0.1, 0.15) is 0 Å². The van der Waals surface area contributed by atoms with Crippen LogP contribution in [0.5, 0.6) is 0 Å². The van der Waals surface area contributed by atoms with Gasteiger partial charge in [-0.25, -0.2) is 15.0 Å². The molecule has 1 aliphatic rings. The fraction of sp³-hybridized carbons (Fsp3) is 0.0625. The second-order valence-electron chi connectivity index (χ2n) is 14.0. The van der Waals surface area contributed by atoms with Crippen molar-refractivity contribution in [2.75, 3.05) is 0 Å². The predicted octanol–water partition coefficient (Wildman–Crippen LogP) is 12.3. The Morgan fingerprint density at radius 2 is 0.843 bits per heavy atom. The van der Waals surface area contributed by atoms with E-state index in [2.05, 4.69) is 178 Å². The summed E-state index contributed by atoms with van der Waals surface area (Å²) in [6.45, 7) is 4.62. The lowest BCUT2D eigenvalue weighted by molar-refractivity contribution is 0.660. The molecule has 10 rings (SSSR count). The van der Waals surface area contributed by atoms with Gasteiger partial charge in [0.15, 0.2) is 17.5 Å². The van der Waals surface area contributed by atoms with Crippen LogP contribution in [0.3, 0.4) is 0 Å². The summed E-state index contributed by atoms with van der Waals surface area (Å²) >= 11 is 0. The molecule has 51 heavy (non-hydrogen) atoms. The minimum Gasteiger partial charge on any atom is -0.208 e. The van der Waals surface area contributed by atoms with Crippen LogP contribution in [-0.2, 0) is 5.41 Å². The highest BCUT2D eigenvalue weighted by Crippen LogP contribution is 2.49. The highest BCUT2D eigenvalue weighted by molar-refractivity contribution is 6.09. The fourth-order valence-corrected chi connectivity index (χ4v) is 8.12. The normalized spacial score (nSPS) is 13.1. The van der Waals surface area contributed by atoms with Crippen molar-refractivity contribution in [2.45, 2.75) is 19.3 Å². The monoisotopic (exact) mass is 651 g/mol. The van der Waals surface area contributed by atoms with Gasteiger partial charge in [0.25, 0.3) is 0 Å². The Bertz CT molecular complexity index is 2840. The molecule has 1 heterocycles. The maximum Gasteiger partial charge on any atom is 0.164 e. The van der Waals surface area contributed by atoms with Crippen molar-refractivity contribution in [3.63, 3.8) is 0 Å². The van der Waals surface area contributed by atoms with Crippen molar-refractivity contribution in [1.29, 1.82) is 0 Å². The number of hydrogen-bond acceptors (Lipinski definition) is 3. The summed E-state index contributed by atoms with van der Waals surface area (Å²) in [6.07, 6.45) is 0. The van der Waals surface area contributed by atoms with E-state index < -0.39 is 0 Å². The molecule has 9 aromatic rings. The summed E-state index contributed by atoms with van der Waals surface area (Å²) in [5, 5.41) is 7.07. The molecule has 0 radical (unpaired) electrons. The van der Waals surface area contributed by atoms with E-state index in [4.69, 9.17) is 15.0 Å². The van der Waals surface area contributed by atoms with Gasteiger partial charge in [0.05, 0.1) is 0 Å². The number of rotatable bonds is 4. The van der Waals surface area contributed by atoms with Gasteiger partial charge in [-0.2, -0.15) is 0 Å². The first-order valence-corrected chi connectivity index (χ1v) is 17.5. The number of fused-ring (bicyclic) bond motifs is 6. The molecule has 0 saturated carbocycles. The first-order chi connectivity index (χ1) is 25.0. The zero-order valence-corrected chi connectivity index (χ0v) is 28.4. The van der Waals surface area contributed by atoms with E-state index in [0.717, 1.165) is 32.8 Å². The molecule has 240 valence electrons. The van der Waals surface area contributed by atoms with Crippen LogP contribution in [0.2, 0.25) is 0 Å². The minimum absolute atomic E-state index is 0.132. The van der Waals surface area contributed by atoms with Crippen molar-refractivity contribution in [2.24, 2.45) is 0 Å². The second-order valence-corrected chi connectivity index (χ2v) is 14.0. The summed E-state index contributed by atoms with van der Waals surface area (Å²) in [4.78, 5) is 15.7. The standard InChI is InChI=1S/C48H33N3/c1-48(2)43-21-10-9-19-40(43)41-25-24-34(29-44(41)48)46-49-45(33-23-22-30-12-3-4-14-32(30)28-33)50-47(51-46)42-27-26-39(37-17-7-8-18-38(37)42)36-20-11-15-31-13-5-6-16-35(31)36/h3-29H,1-2H3. The molecule has 0 bridgehead atoms. The van der Waals surface area contributed by atoms with Crippen LogP contribution in [0.15, 0.2) is 164 Å². The van der Waals surface area contributed by atoms with E-state index in [0.29, 0.717) is 17.5 Å². The van der Waals surface area contributed by atoms with E-state index >= 15 is 0 Å². The zero-order valence-electron chi connectivity index (χ0n) is 28.4. The third kappa shape index (κ3) is 4.69. The van der Waals surface area contributed by atoms with Crippen LogP contribution in [0.4, 0.5) is 0 Å². The summed E-state index contributed by atoms with van der Waals surface area (Å²) in [5.74, 6) is 1.98. The average molecular weight is 652 g/mol. The van der Waals surface area contributed by atoms with Crippen LogP contribution in [0, 0.1) is 0 Å². The maximum atomic E-state index is 5.26. The lowest BCUT2D eigenvalue weighted by Gasteiger charge is -2.21. The lowest BCUT2D eigenvalue weighted by Crippen LogP contribution is -2.15. The van der Waals surface area contributed by atoms with Gasteiger partial charge < -0.3 is 0 Å². The van der Waals surface area contributed by atoms with Crippen LogP contribution >= 0.6 is 0 Å². The largest absolute Gasteiger partial charge is 0.208 e. The number of nitrogens with zero attached hydrogens (tertiary/aromatic N) is 3.